The van der Waals surface area contributed by atoms with Gasteiger partial charge in [-0.25, -0.2) is 0 Å². The van der Waals surface area contributed by atoms with Crippen molar-refractivity contribution in [1.82, 2.24) is 0 Å². The van der Waals surface area contributed by atoms with Gasteiger partial charge in [0.2, 0.25) is 0 Å². The Labute approximate surface area is 132 Å². The van der Waals surface area contributed by atoms with Gasteiger partial charge < -0.3 is 11.1 Å². The van der Waals surface area contributed by atoms with E-state index in [1.165, 1.54) is 31.0 Å². The van der Waals surface area contributed by atoms with Gasteiger partial charge >= 0.3 is 6.18 Å². The van der Waals surface area contributed by atoms with E-state index in [1.807, 2.05) is 20.8 Å². The van der Waals surface area contributed by atoms with Gasteiger partial charge in [-0.2, -0.15) is 13.2 Å². The highest BCUT2D eigenvalue weighted by molar-refractivity contribution is 8.00. The molecule has 0 heterocycles. The van der Waals surface area contributed by atoms with E-state index in [9.17, 15) is 13.2 Å². The van der Waals surface area contributed by atoms with Gasteiger partial charge in [-0.1, -0.05) is 20.8 Å². The average Bonchev–Trinajstić information content (AvgIpc) is 2.31. The van der Waals surface area contributed by atoms with Crippen molar-refractivity contribution in [3.05, 3.63) is 28.3 Å². The third-order valence-corrected chi connectivity index (χ3v) is 4.00. The van der Waals surface area contributed by atoms with Gasteiger partial charge in [0.15, 0.2) is 0 Å². The highest BCUT2D eigenvalue weighted by atomic mass is 32.2. The van der Waals surface area contributed by atoms with Crippen LogP contribution in [0.15, 0.2) is 11.1 Å². The SMILES string of the molecule is Cc1cc(N)c(C=N)c(C=NCSC(C)(C)C)c1C(F)(F)F. The zero-order valence-electron chi connectivity index (χ0n) is 13.0. The van der Waals surface area contributed by atoms with Gasteiger partial charge in [0.25, 0.3) is 0 Å². The fourth-order valence-corrected chi connectivity index (χ4v) is 2.45. The number of aryl methyl sites for hydroxylation is 1. The van der Waals surface area contributed by atoms with Crippen LogP contribution < -0.4 is 5.73 Å². The summed E-state index contributed by atoms with van der Waals surface area (Å²) < 4.78 is 39.8. The molecular formula is C15H20F3N3S. The lowest BCUT2D eigenvalue weighted by molar-refractivity contribution is -0.138. The molecule has 0 spiro atoms. The highest BCUT2D eigenvalue weighted by Crippen LogP contribution is 2.37. The summed E-state index contributed by atoms with van der Waals surface area (Å²) in [6, 6.07) is 1.24. The maximum Gasteiger partial charge on any atom is 0.417 e. The molecule has 0 atom stereocenters. The Morgan fingerprint density at radius 1 is 1.27 bits per heavy atom. The maximum absolute atomic E-state index is 13.3. The molecule has 0 aromatic heterocycles. The molecule has 0 fully saturated rings. The number of anilines is 1. The van der Waals surface area contributed by atoms with Crippen molar-refractivity contribution < 1.29 is 13.2 Å². The van der Waals surface area contributed by atoms with E-state index in [0.29, 0.717) is 5.88 Å². The number of nitrogens with zero attached hydrogens (tertiary/aromatic N) is 1. The summed E-state index contributed by atoms with van der Waals surface area (Å²) in [5.41, 5.74) is 5.02. The van der Waals surface area contributed by atoms with Crippen molar-refractivity contribution in [3.63, 3.8) is 0 Å². The predicted molar refractivity (Wildman–Crippen MR) is 88.3 cm³/mol. The second-order valence-electron chi connectivity index (χ2n) is 5.82. The Balaban J connectivity index is 3.31. The number of thioether (sulfide) groups is 1. The van der Waals surface area contributed by atoms with Crippen LogP contribution in [0.4, 0.5) is 18.9 Å². The van der Waals surface area contributed by atoms with E-state index < -0.39 is 11.7 Å². The average molecular weight is 331 g/mol. The summed E-state index contributed by atoms with van der Waals surface area (Å²) in [6.45, 7) is 7.36. The maximum atomic E-state index is 13.3. The highest BCUT2D eigenvalue weighted by Gasteiger charge is 2.36. The Hall–Kier alpha value is -1.50. The first-order valence-electron chi connectivity index (χ1n) is 6.62. The lowest BCUT2D eigenvalue weighted by atomic mass is 9.95. The summed E-state index contributed by atoms with van der Waals surface area (Å²) in [5, 5.41) is 7.34. The summed E-state index contributed by atoms with van der Waals surface area (Å²) in [5.74, 6) is 0.339. The number of hydrogen-bond acceptors (Lipinski definition) is 4. The Bertz CT molecular complexity index is 587. The van der Waals surface area contributed by atoms with Crippen LogP contribution in [0.25, 0.3) is 0 Å². The molecular weight excluding hydrogens is 311 g/mol. The van der Waals surface area contributed by atoms with Crippen molar-refractivity contribution in [2.24, 2.45) is 4.99 Å². The molecule has 3 nitrogen and oxygen atoms in total. The normalized spacial score (nSPS) is 12.9. The summed E-state index contributed by atoms with van der Waals surface area (Å²) >= 11 is 1.52. The molecule has 0 saturated heterocycles. The quantitative estimate of drug-likeness (QED) is 0.630. The van der Waals surface area contributed by atoms with Crippen molar-refractivity contribution in [2.75, 3.05) is 11.6 Å². The predicted octanol–water partition coefficient (Wildman–Crippen LogP) is 4.50. The van der Waals surface area contributed by atoms with Crippen LogP contribution in [0.1, 0.15) is 43.0 Å². The lowest BCUT2D eigenvalue weighted by Crippen LogP contribution is -2.15. The first-order valence-corrected chi connectivity index (χ1v) is 7.60. The molecule has 0 radical (unpaired) electrons. The molecule has 0 aliphatic heterocycles. The first kappa shape index (κ1) is 18.5. The van der Waals surface area contributed by atoms with Gasteiger partial charge in [-0.15, -0.1) is 11.8 Å². The van der Waals surface area contributed by atoms with Crippen molar-refractivity contribution in [3.8, 4) is 0 Å². The molecule has 0 aliphatic carbocycles. The minimum atomic E-state index is -4.52. The van der Waals surface area contributed by atoms with E-state index in [1.54, 1.807) is 0 Å². The van der Waals surface area contributed by atoms with Gasteiger partial charge in [0, 0.05) is 34.0 Å². The Morgan fingerprint density at radius 3 is 2.32 bits per heavy atom. The number of rotatable bonds is 4. The number of nitrogens with two attached hydrogens (primary N) is 1. The van der Waals surface area contributed by atoms with Crippen molar-refractivity contribution in [2.45, 2.75) is 38.6 Å². The van der Waals surface area contributed by atoms with Crippen molar-refractivity contribution in [1.29, 1.82) is 5.41 Å². The van der Waals surface area contributed by atoms with Crippen LogP contribution in [0.5, 0.6) is 0 Å². The van der Waals surface area contributed by atoms with Crippen LogP contribution in [-0.2, 0) is 6.18 Å². The molecule has 1 aromatic rings. The third-order valence-electron chi connectivity index (χ3n) is 2.86. The largest absolute Gasteiger partial charge is 0.417 e. The zero-order chi connectivity index (χ0) is 17.1. The molecule has 0 bridgehead atoms. The molecule has 7 heteroatoms. The zero-order valence-corrected chi connectivity index (χ0v) is 13.8. The summed E-state index contributed by atoms with van der Waals surface area (Å²) in [7, 11) is 0. The summed E-state index contributed by atoms with van der Waals surface area (Å²) in [6.07, 6.45) is -2.51. The minimum absolute atomic E-state index is 0.0276. The number of alkyl halides is 3. The Kier molecular flexibility index (Phi) is 5.67. The van der Waals surface area contributed by atoms with Crippen LogP contribution in [0, 0.1) is 12.3 Å². The van der Waals surface area contributed by atoms with E-state index in [0.717, 1.165) is 6.21 Å². The fourth-order valence-electron chi connectivity index (χ4n) is 1.92. The van der Waals surface area contributed by atoms with Gasteiger partial charge in [-0.05, 0) is 18.6 Å². The monoisotopic (exact) mass is 331 g/mol. The number of aliphatic imine (C=N–C) groups is 1. The number of nitrogen functional groups attached to an aromatic ring is 1. The standard InChI is InChI=1S/C15H20F3N3S/c1-9-5-12(20)10(6-19)11(13(9)15(16,17)18)7-21-8-22-14(2,3)4/h5-7,19H,8,20H2,1-4H3. The van der Waals surface area contributed by atoms with E-state index in [-0.39, 0.29) is 27.1 Å². The molecule has 0 saturated carbocycles. The molecule has 0 unspecified atom stereocenters. The first-order chi connectivity index (χ1) is 9.97. The molecule has 0 amide bonds. The second-order valence-corrected chi connectivity index (χ2v) is 7.60. The molecule has 1 aromatic carbocycles. The number of benzene rings is 1. The summed E-state index contributed by atoms with van der Waals surface area (Å²) in [4.78, 5) is 4.07. The third kappa shape index (κ3) is 4.76. The van der Waals surface area contributed by atoms with Gasteiger partial charge in [-0.3, -0.25) is 4.99 Å². The number of nitrogens with one attached hydrogen (secondary N) is 1. The minimum Gasteiger partial charge on any atom is -0.398 e. The molecule has 1 rings (SSSR count). The van der Waals surface area contributed by atoms with E-state index in [4.69, 9.17) is 11.1 Å². The molecule has 122 valence electrons. The van der Waals surface area contributed by atoms with Gasteiger partial charge in [0.05, 0.1) is 11.4 Å². The lowest BCUT2D eigenvalue weighted by Gasteiger charge is -2.18. The number of hydrogen-bond donors (Lipinski definition) is 2. The Morgan fingerprint density at radius 2 is 1.86 bits per heavy atom. The van der Waals surface area contributed by atoms with E-state index in [2.05, 4.69) is 4.99 Å². The fraction of sp³-hybridized carbons (Fsp3) is 0.467. The van der Waals surface area contributed by atoms with E-state index >= 15 is 0 Å². The van der Waals surface area contributed by atoms with Crippen LogP contribution in [-0.4, -0.2) is 23.1 Å². The molecule has 3 N–H and O–H groups in total. The van der Waals surface area contributed by atoms with Crippen LogP contribution >= 0.6 is 11.8 Å². The second kappa shape index (κ2) is 6.73. The smallest absolute Gasteiger partial charge is 0.398 e. The molecule has 0 aliphatic rings. The van der Waals surface area contributed by atoms with Gasteiger partial charge in [0.1, 0.15) is 0 Å². The van der Waals surface area contributed by atoms with Crippen LogP contribution in [0.3, 0.4) is 0 Å². The molecule has 22 heavy (non-hydrogen) atoms. The topological polar surface area (TPSA) is 62.2 Å². The van der Waals surface area contributed by atoms with Crippen LogP contribution in [0.2, 0.25) is 0 Å². The number of halogens is 3. The van der Waals surface area contributed by atoms with Crippen molar-refractivity contribution >= 4 is 29.9 Å².